The fourth-order valence-electron chi connectivity index (χ4n) is 3.20. The van der Waals surface area contributed by atoms with Crippen LogP contribution < -0.4 is 10.2 Å². The van der Waals surface area contributed by atoms with Gasteiger partial charge in [0.05, 0.1) is 11.0 Å². The lowest BCUT2D eigenvalue weighted by molar-refractivity contribution is -0.161. The Hall–Kier alpha value is -3.33. The van der Waals surface area contributed by atoms with Crippen LogP contribution in [0.3, 0.4) is 0 Å². The van der Waals surface area contributed by atoms with Gasteiger partial charge in [0, 0.05) is 32.4 Å². The van der Waals surface area contributed by atoms with Crippen LogP contribution in [0, 0.1) is 5.41 Å². The molecule has 1 atom stereocenters. The molecule has 0 bridgehead atoms. The summed E-state index contributed by atoms with van der Waals surface area (Å²) in [5.74, 6) is -1.56. The van der Waals surface area contributed by atoms with Gasteiger partial charge in [-0.25, -0.2) is 4.79 Å². The summed E-state index contributed by atoms with van der Waals surface area (Å²) in [6, 6.07) is 14.0. The average Bonchev–Trinajstić information content (AvgIpc) is 2.78. The van der Waals surface area contributed by atoms with Gasteiger partial charge in [0.25, 0.3) is 0 Å². The Bertz CT molecular complexity index is 1110. The van der Waals surface area contributed by atoms with Crippen molar-refractivity contribution in [2.24, 2.45) is 5.41 Å². The number of carbonyl (C=O) groups is 4. The van der Waals surface area contributed by atoms with E-state index in [1.165, 1.54) is 19.1 Å². The summed E-state index contributed by atoms with van der Waals surface area (Å²) in [4.78, 5) is 51.5. The number of thioether (sulfide) groups is 1. The van der Waals surface area contributed by atoms with Crippen LogP contribution in [0.5, 0.6) is 0 Å². The summed E-state index contributed by atoms with van der Waals surface area (Å²) in [5.41, 5.74) is 1.78. The van der Waals surface area contributed by atoms with Crippen molar-refractivity contribution in [2.45, 2.75) is 45.8 Å². The van der Waals surface area contributed by atoms with Gasteiger partial charge in [-0.15, -0.1) is 0 Å². The molecule has 0 fully saturated rings. The lowest BCUT2D eigenvalue weighted by Crippen LogP contribution is -2.40. The van der Waals surface area contributed by atoms with Crippen LogP contribution in [0.1, 0.15) is 50.5 Å². The smallest absolute Gasteiger partial charge is 0.341 e. The summed E-state index contributed by atoms with van der Waals surface area (Å²) >= 11 is 0.959. The van der Waals surface area contributed by atoms with Gasteiger partial charge in [0.2, 0.25) is 12.7 Å². The number of rotatable bonds is 9. The number of benzene rings is 2. The first-order chi connectivity index (χ1) is 16.7. The Kier molecular flexibility index (Phi) is 9.69. The summed E-state index contributed by atoms with van der Waals surface area (Å²) < 4.78 is 8.91. The van der Waals surface area contributed by atoms with E-state index in [1.54, 1.807) is 39.8 Å². The van der Waals surface area contributed by atoms with Crippen molar-refractivity contribution >= 4 is 46.1 Å². The summed E-state index contributed by atoms with van der Waals surface area (Å²) in [6.07, 6.45) is 0.331. The molecule has 0 saturated carbocycles. The van der Waals surface area contributed by atoms with E-state index in [1.807, 2.05) is 43.3 Å². The average molecular weight is 515 g/mol. The molecule has 0 aromatic heterocycles. The molecule has 0 saturated heterocycles. The van der Waals surface area contributed by atoms with Gasteiger partial charge in [-0.3, -0.25) is 14.4 Å². The van der Waals surface area contributed by atoms with Gasteiger partial charge < -0.3 is 19.7 Å². The lowest BCUT2D eigenvalue weighted by atomic mass is 9.98. The van der Waals surface area contributed by atoms with E-state index in [0.29, 0.717) is 12.1 Å². The number of amides is 1. The topological polar surface area (TPSA) is 102 Å². The van der Waals surface area contributed by atoms with E-state index in [4.69, 9.17) is 9.47 Å². The van der Waals surface area contributed by atoms with Crippen LogP contribution in [-0.4, -0.2) is 48.6 Å². The fourth-order valence-corrected chi connectivity index (χ4v) is 4.22. The fraction of sp³-hybridized carbons (Fsp3) is 0.407. The molecule has 0 spiro atoms. The number of esters is 2. The highest BCUT2D eigenvalue weighted by atomic mass is 32.2. The van der Waals surface area contributed by atoms with E-state index in [-0.39, 0.29) is 16.6 Å². The van der Waals surface area contributed by atoms with Gasteiger partial charge in [-0.1, -0.05) is 30.0 Å². The van der Waals surface area contributed by atoms with Gasteiger partial charge >= 0.3 is 11.9 Å². The van der Waals surface area contributed by atoms with Crippen molar-refractivity contribution in [1.82, 2.24) is 0 Å². The third-order valence-corrected chi connectivity index (χ3v) is 6.26. The Morgan fingerprint density at radius 1 is 0.944 bits per heavy atom. The minimum absolute atomic E-state index is 0.180. The monoisotopic (exact) mass is 514 g/mol. The summed E-state index contributed by atoms with van der Waals surface area (Å²) in [7, 11) is 3.89. The molecule has 1 amide bonds. The van der Waals surface area contributed by atoms with Crippen molar-refractivity contribution in [3.05, 3.63) is 59.7 Å². The van der Waals surface area contributed by atoms with Gasteiger partial charge in [-0.2, -0.15) is 0 Å². The van der Waals surface area contributed by atoms with Gasteiger partial charge in [-0.05, 0) is 70.0 Å². The molecular weight excluding hydrogens is 480 g/mol. The number of anilines is 2. The number of hydrogen-bond acceptors (Lipinski definition) is 8. The second-order valence-corrected chi connectivity index (χ2v) is 11.5. The molecule has 1 N–H and O–H groups in total. The molecule has 0 aliphatic carbocycles. The first-order valence-corrected chi connectivity index (χ1v) is 12.2. The Balaban J connectivity index is 2.12. The van der Waals surface area contributed by atoms with E-state index in [0.717, 1.165) is 23.0 Å². The number of hydrogen-bond donors (Lipinski definition) is 1. The zero-order valence-corrected chi connectivity index (χ0v) is 22.7. The predicted molar refractivity (Wildman–Crippen MR) is 142 cm³/mol. The first kappa shape index (κ1) is 28.9. The normalized spacial score (nSPS) is 12.8. The molecule has 2 aromatic rings. The van der Waals surface area contributed by atoms with Crippen LogP contribution in [0.25, 0.3) is 0 Å². The van der Waals surface area contributed by atoms with E-state index < -0.39 is 28.9 Å². The second kappa shape index (κ2) is 12.1. The van der Waals surface area contributed by atoms with Crippen LogP contribution in [0.15, 0.2) is 48.5 Å². The number of ether oxygens (including phenoxy) is 2. The maximum Gasteiger partial charge on any atom is 0.341 e. The summed E-state index contributed by atoms with van der Waals surface area (Å²) in [6.45, 7) is 7.72. The van der Waals surface area contributed by atoms with Crippen molar-refractivity contribution in [3.63, 3.8) is 0 Å². The molecule has 0 radical (unpaired) electrons. The molecule has 2 aromatic carbocycles. The van der Waals surface area contributed by atoms with Crippen molar-refractivity contribution < 1.29 is 28.7 Å². The van der Waals surface area contributed by atoms with Crippen molar-refractivity contribution in [3.8, 4) is 0 Å². The maximum absolute atomic E-state index is 13.3. The molecule has 0 heterocycles. The SMILES string of the molecule is CC(=O)SC(C)(Cc1ccc(N(C)C)cc1)C(=O)Nc1cccc(C(=O)OCOC(=O)C(C)(C)C)c1. The molecule has 194 valence electrons. The number of nitrogens with one attached hydrogen (secondary N) is 1. The van der Waals surface area contributed by atoms with Gasteiger partial charge in [0.1, 0.15) is 4.75 Å². The molecule has 8 nitrogen and oxygen atoms in total. The molecular formula is C27H34N2O6S. The molecule has 2 rings (SSSR count). The third kappa shape index (κ3) is 8.41. The maximum atomic E-state index is 13.3. The second-order valence-electron chi connectivity index (χ2n) is 9.83. The Morgan fingerprint density at radius 2 is 1.58 bits per heavy atom. The van der Waals surface area contributed by atoms with Crippen molar-refractivity contribution in [1.29, 1.82) is 0 Å². The molecule has 0 aliphatic heterocycles. The van der Waals surface area contributed by atoms with Crippen LogP contribution in [-0.2, 0) is 30.3 Å². The molecule has 0 aliphatic rings. The molecule has 36 heavy (non-hydrogen) atoms. The highest BCUT2D eigenvalue weighted by molar-refractivity contribution is 8.15. The summed E-state index contributed by atoms with van der Waals surface area (Å²) in [5, 5.41) is 2.63. The van der Waals surface area contributed by atoms with Crippen LogP contribution in [0.2, 0.25) is 0 Å². The standard InChI is InChI=1S/C27H34N2O6S/c1-18(30)36-27(5,16-19-11-13-22(14-12-19)29(6)7)24(32)28-21-10-8-9-20(15-21)23(31)34-17-35-25(33)26(2,3)4/h8-15H,16-17H2,1-7H3,(H,28,32). The highest BCUT2D eigenvalue weighted by Gasteiger charge is 2.36. The quantitative estimate of drug-likeness (QED) is 0.380. The molecule has 9 heteroatoms. The van der Waals surface area contributed by atoms with Crippen molar-refractivity contribution in [2.75, 3.05) is 31.1 Å². The largest absolute Gasteiger partial charge is 0.427 e. The number of carbonyl (C=O) groups excluding carboxylic acids is 4. The zero-order valence-electron chi connectivity index (χ0n) is 21.8. The van der Waals surface area contributed by atoms with Crippen LogP contribution >= 0.6 is 11.8 Å². The minimum atomic E-state index is -1.08. The third-order valence-electron chi connectivity index (χ3n) is 5.19. The Labute approximate surface area is 216 Å². The lowest BCUT2D eigenvalue weighted by Gasteiger charge is -2.27. The highest BCUT2D eigenvalue weighted by Crippen LogP contribution is 2.32. The predicted octanol–water partition coefficient (Wildman–Crippen LogP) is 4.68. The zero-order chi connectivity index (χ0) is 27.1. The molecule has 1 unspecified atom stereocenters. The van der Waals surface area contributed by atoms with E-state index in [9.17, 15) is 19.2 Å². The number of nitrogens with zero attached hydrogens (tertiary/aromatic N) is 1. The first-order valence-electron chi connectivity index (χ1n) is 11.4. The van der Waals surface area contributed by atoms with Gasteiger partial charge in [0.15, 0.2) is 5.12 Å². The van der Waals surface area contributed by atoms with E-state index >= 15 is 0 Å². The Morgan fingerprint density at radius 3 is 2.14 bits per heavy atom. The van der Waals surface area contributed by atoms with E-state index in [2.05, 4.69) is 5.32 Å². The minimum Gasteiger partial charge on any atom is -0.427 e. The van der Waals surface area contributed by atoms with Crippen LogP contribution in [0.4, 0.5) is 11.4 Å².